The summed E-state index contributed by atoms with van der Waals surface area (Å²) < 4.78 is 0. The molecule has 2 aromatic rings. The number of aliphatic carboxylic acids is 2. The van der Waals surface area contributed by atoms with Crippen molar-refractivity contribution >= 4 is 53.3 Å². The molecule has 63 heavy (non-hydrogen) atoms. The Morgan fingerprint density at radius 1 is 0.540 bits per heavy atom. The molecule has 0 aliphatic rings. The first-order valence-electron chi connectivity index (χ1n) is 20.4. The summed E-state index contributed by atoms with van der Waals surface area (Å²) in [5.41, 5.74) is 12.4. The van der Waals surface area contributed by atoms with Gasteiger partial charge >= 0.3 is 11.9 Å². The summed E-state index contributed by atoms with van der Waals surface area (Å²) in [4.78, 5) is 115. The van der Waals surface area contributed by atoms with Crippen LogP contribution in [0.15, 0.2) is 48.5 Å². The smallest absolute Gasteiger partial charge is 0.326 e. The Bertz CT molecular complexity index is 1910. The Labute approximate surface area is 364 Å². The molecule has 0 aliphatic carbocycles. The number of rotatable bonds is 27. The normalized spacial score (nSPS) is 13.9. The van der Waals surface area contributed by atoms with Gasteiger partial charge in [0.25, 0.3) is 0 Å². The maximum atomic E-state index is 14.0. The molecular weight excluding hydrogens is 825 g/mol. The van der Waals surface area contributed by atoms with Crippen molar-refractivity contribution in [2.45, 2.75) is 115 Å². The highest BCUT2D eigenvalue weighted by atomic mass is 16.4. The molecule has 21 heteroatoms. The van der Waals surface area contributed by atoms with Crippen molar-refractivity contribution in [2.75, 3.05) is 6.54 Å². The highest BCUT2D eigenvalue weighted by Gasteiger charge is 2.33. The number of amides is 7. The Hall–Kier alpha value is -6.77. The van der Waals surface area contributed by atoms with E-state index in [1.54, 1.807) is 26.0 Å². The minimum Gasteiger partial charge on any atom is -0.508 e. The molecule has 0 radical (unpaired) electrons. The van der Waals surface area contributed by atoms with E-state index in [-0.39, 0.29) is 55.4 Å². The molecule has 0 unspecified atom stereocenters. The zero-order valence-corrected chi connectivity index (χ0v) is 35.7. The van der Waals surface area contributed by atoms with E-state index in [0.717, 1.165) is 0 Å². The van der Waals surface area contributed by atoms with Crippen molar-refractivity contribution in [3.63, 3.8) is 0 Å². The van der Waals surface area contributed by atoms with Crippen molar-refractivity contribution in [3.05, 3.63) is 59.7 Å². The molecule has 0 saturated heterocycles. The Morgan fingerprint density at radius 2 is 0.968 bits per heavy atom. The molecule has 346 valence electrons. The molecular formula is C42H60N8O13. The molecule has 0 aliphatic heterocycles. The SMILES string of the molecule is CC(C)C[C@H](NC(=O)[C@H](Cc1ccc(O)cc1)NC(=O)CNC(=O)[C@H](CC(C)C)NC(=O)[C@@H](N)Cc1ccc(O)cc1)C(=O)N[C@@H](CCC(=O)O)C(=O)N[C@@H](CCC(N)=O)C(=O)O. The number of carboxylic acids is 2. The van der Waals surface area contributed by atoms with Crippen LogP contribution in [0.1, 0.15) is 77.3 Å². The van der Waals surface area contributed by atoms with Crippen LogP contribution in [0.2, 0.25) is 0 Å². The minimum absolute atomic E-state index is 0.0152. The number of carbonyl (C=O) groups excluding carboxylic acids is 7. The monoisotopic (exact) mass is 884 g/mol. The van der Waals surface area contributed by atoms with Gasteiger partial charge in [0, 0.05) is 19.3 Å². The molecule has 2 aromatic carbocycles. The van der Waals surface area contributed by atoms with E-state index < -0.39 is 115 Å². The summed E-state index contributed by atoms with van der Waals surface area (Å²) in [5.74, 6) is -9.07. The zero-order chi connectivity index (χ0) is 47.4. The largest absolute Gasteiger partial charge is 0.508 e. The topological polar surface area (TPSA) is 359 Å². The van der Waals surface area contributed by atoms with Crippen LogP contribution in [0.3, 0.4) is 0 Å². The quantitative estimate of drug-likeness (QED) is 0.0515. The summed E-state index contributed by atoms with van der Waals surface area (Å²) in [7, 11) is 0. The van der Waals surface area contributed by atoms with Crippen molar-refractivity contribution in [3.8, 4) is 11.5 Å². The number of hydrogen-bond donors (Lipinski definition) is 12. The molecule has 0 fully saturated rings. The summed E-state index contributed by atoms with van der Waals surface area (Å²) in [6.45, 7) is 6.46. The predicted molar refractivity (Wildman–Crippen MR) is 226 cm³/mol. The number of nitrogens with one attached hydrogen (secondary N) is 6. The van der Waals surface area contributed by atoms with Crippen LogP contribution in [0.25, 0.3) is 0 Å². The highest BCUT2D eigenvalue weighted by Crippen LogP contribution is 2.14. The van der Waals surface area contributed by atoms with Crippen LogP contribution >= 0.6 is 0 Å². The van der Waals surface area contributed by atoms with Crippen LogP contribution in [0.5, 0.6) is 11.5 Å². The molecule has 2 rings (SSSR count). The van der Waals surface area contributed by atoms with Gasteiger partial charge in [0.05, 0.1) is 12.6 Å². The van der Waals surface area contributed by atoms with E-state index in [9.17, 15) is 63.6 Å². The van der Waals surface area contributed by atoms with Crippen LogP contribution in [-0.4, -0.2) is 117 Å². The molecule has 0 heterocycles. The van der Waals surface area contributed by atoms with Gasteiger partial charge in [-0.15, -0.1) is 0 Å². The van der Waals surface area contributed by atoms with Gasteiger partial charge < -0.3 is 63.8 Å². The fourth-order valence-electron chi connectivity index (χ4n) is 6.17. The van der Waals surface area contributed by atoms with Crippen molar-refractivity contribution in [1.82, 2.24) is 31.9 Å². The highest BCUT2D eigenvalue weighted by molar-refractivity contribution is 5.96. The number of phenols is 2. The van der Waals surface area contributed by atoms with E-state index in [2.05, 4.69) is 31.9 Å². The second kappa shape index (κ2) is 25.9. The summed E-state index contributed by atoms with van der Waals surface area (Å²) in [5, 5.41) is 53.0. The first-order chi connectivity index (χ1) is 29.5. The second-order valence-corrected chi connectivity index (χ2v) is 16.0. The summed E-state index contributed by atoms with van der Waals surface area (Å²) >= 11 is 0. The number of benzene rings is 2. The molecule has 6 atom stereocenters. The summed E-state index contributed by atoms with van der Waals surface area (Å²) in [6, 6.07) is 3.71. The molecule has 0 bridgehead atoms. The van der Waals surface area contributed by atoms with Gasteiger partial charge in [-0.2, -0.15) is 0 Å². The van der Waals surface area contributed by atoms with Gasteiger partial charge in [-0.25, -0.2) is 4.79 Å². The first kappa shape index (κ1) is 52.4. The maximum absolute atomic E-state index is 14.0. The third-order valence-electron chi connectivity index (χ3n) is 9.43. The minimum atomic E-state index is -1.60. The van der Waals surface area contributed by atoms with Gasteiger partial charge in [-0.05, 0) is 79.3 Å². The number of aromatic hydroxyl groups is 2. The van der Waals surface area contributed by atoms with E-state index in [1.165, 1.54) is 36.4 Å². The van der Waals surface area contributed by atoms with Crippen LogP contribution in [0, 0.1) is 11.8 Å². The van der Waals surface area contributed by atoms with Gasteiger partial charge in [0.2, 0.25) is 41.4 Å². The third-order valence-corrected chi connectivity index (χ3v) is 9.43. The van der Waals surface area contributed by atoms with Crippen LogP contribution < -0.4 is 43.4 Å². The Morgan fingerprint density at radius 3 is 1.46 bits per heavy atom. The fraction of sp³-hybridized carbons (Fsp3) is 0.500. The van der Waals surface area contributed by atoms with Gasteiger partial charge in [-0.3, -0.25) is 38.4 Å². The van der Waals surface area contributed by atoms with Crippen LogP contribution in [0.4, 0.5) is 0 Å². The second-order valence-electron chi connectivity index (χ2n) is 16.0. The van der Waals surface area contributed by atoms with Gasteiger partial charge in [0.15, 0.2) is 0 Å². The number of primary amides is 1. The van der Waals surface area contributed by atoms with E-state index in [1.807, 2.05) is 13.8 Å². The van der Waals surface area contributed by atoms with Crippen molar-refractivity contribution < 1.29 is 63.6 Å². The van der Waals surface area contributed by atoms with Crippen molar-refractivity contribution in [1.29, 1.82) is 0 Å². The molecule has 14 N–H and O–H groups in total. The lowest BCUT2D eigenvalue weighted by Gasteiger charge is -2.27. The molecule has 0 spiro atoms. The average molecular weight is 885 g/mol. The molecule has 0 aromatic heterocycles. The first-order valence-corrected chi connectivity index (χ1v) is 20.4. The number of carbonyl (C=O) groups is 9. The number of nitrogens with two attached hydrogens (primary N) is 2. The lowest BCUT2D eigenvalue weighted by Crippen LogP contribution is -2.59. The fourth-order valence-corrected chi connectivity index (χ4v) is 6.17. The molecule has 21 nitrogen and oxygen atoms in total. The van der Waals surface area contributed by atoms with Gasteiger partial charge in [-0.1, -0.05) is 52.0 Å². The van der Waals surface area contributed by atoms with E-state index in [0.29, 0.717) is 11.1 Å². The van der Waals surface area contributed by atoms with E-state index in [4.69, 9.17) is 11.5 Å². The Balaban J connectivity index is 2.27. The zero-order valence-electron chi connectivity index (χ0n) is 35.7. The number of hydrogen-bond acceptors (Lipinski definition) is 12. The maximum Gasteiger partial charge on any atom is 0.326 e. The summed E-state index contributed by atoms with van der Waals surface area (Å²) in [6.07, 6.45) is -1.75. The molecule has 0 saturated carbocycles. The lowest BCUT2D eigenvalue weighted by atomic mass is 10.00. The van der Waals surface area contributed by atoms with Gasteiger partial charge in [0.1, 0.15) is 41.7 Å². The van der Waals surface area contributed by atoms with E-state index >= 15 is 0 Å². The van der Waals surface area contributed by atoms with Crippen molar-refractivity contribution in [2.24, 2.45) is 23.3 Å². The number of phenolic OH excluding ortho intramolecular Hbond substituents is 2. The Kier molecular flexibility index (Phi) is 21.5. The predicted octanol–water partition coefficient (Wildman–Crippen LogP) is -0.942. The average Bonchev–Trinajstić information content (AvgIpc) is 3.20. The third kappa shape index (κ3) is 20.1. The number of carboxylic acid groups (broad SMARTS) is 2. The lowest BCUT2D eigenvalue weighted by molar-refractivity contribution is -0.143. The standard InChI is InChI=1S/C42H60N8O13/c1-22(2)17-31(49-37(57)28(43)19-24-5-9-26(51)10-6-24)38(58)45-21-35(54)46-33(20-25-7-11-27(52)12-8-25)41(61)50-32(18-23(3)4)40(60)47-29(14-16-36(55)56)39(59)48-30(42(62)63)13-15-34(44)53/h5-12,22-23,28-33,51-52H,13-21,43H2,1-4H3,(H2,44,53)(H,45,58)(H,46,54)(H,47,60)(H,48,59)(H,49,57)(H,50,61)(H,55,56)(H,62,63)/t28-,29-,30-,31-,32-,33-/m0/s1. The van der Waals surface area contributed by atoms with Crippen LogP contribution in [-0.2, 0) is 56.0 Å². The molecule has 7 amide bonds.